The van der Waals surface area contributed by atoms with Crippen molar-refractivity contribution >= 4 is 147 Å². The third kappa shape index (κ3) is 16.7. The Bertz CT molecular complexity index is 6810. The molecule has 132 heavy (non-hydrogen) atoms. The molecule has 0 aliphatic rings. The average Bonchev–Trinajstić information content (AvgIpc) is 0.795. The van der Waals surface area contributed by atoms with E-state index in [-0.39, 0.29) is 76.2 Å². The van der Waals surface area contributed by atoms with Gasteiger partial charge in [0.1, 0.15) is 94.0 Å². The van der Waals surface area contributed by atoms with E-state index in [9.17, 15) is 0 Å². The van der Waals surface area contributed by atoms with Gasteiger partial charge < -0.3 is 42.6 Å². The number of ether oxygens (including phenoxy) is 9. The number of carbonyl (C=O) groups excluding carboxylic acids is 3. The molecule has 22 aromatic rings. The second-order valence-electron chi connectivity index (χ2n) is 33.5. The summed E-state index contributed by atoms with van der Waals surface area (Å²) in [6.07, 6.45) is 0. The van der Waals surface area contributed by atoms with E-state index in [0.29, 0.717) is 51.2 Å². The van der Waals surface area contributed by atoms with Crippen molar-refractivity contribution in [3.8, 4) is 34.5 Å². The molecule has 22 aromatic carbocycles. The predicted octanol–water partition coefficient (Wildman–Crippen LogP) is 29.1. The van der Waals surface area contributed by atoms with Crippen molar-refractivity contribution in [3.05, 3.63) is 467 Å². The van der Waals surface area contributed by atoms with Gasteiger partial charge in [-0.25, -0.2) is 14.4 Å². The quantitative estimate of drug-likeness (QED) is 0.0276. The number of hydrogen-bond acceptors (Lipinski definition) is 12. The minimum absolute atomic E-state index is 0.132. The summed E-state index contributed by atoms with van der Waals surface area (Å²) in [4.78, 5) is 46.1. The molecular weight excluding hydrogens is 1630 g/mol. The lowest BCUT2D eigenvalue weighted by atomic mass is 9.97. The first-order valence-electron chi connectivity index (χ1n) is 44.3. The number of esters is 3. The molecule has 0 atom stereocenters. The zero-order valence-electron chi connectivity index (χ0n) is 71.9. The third-order valence-electron chi connectivity index (χ3n) is 25.2. The molecule has 22 rings (SSSR count). The summed E-state index contributed by atoms with van der Waals surface area (Å²) in [6.45, 7) is 0.313. The molecule has 0 radical (unpaired) electrons. The van der Waals surface area contributed by atoms with Crippen LogP contribution in [0.1, 0.15) is 81.1 Å². The monoisotopic (exact) mass is 1720 g/mol. The van der Waals surface area contributed by atoms with Crippen LogP contribution in [0.5, 0.6) is 34.5 Å². The Morgan fingerprint density at radius 2 is 0.288 bits per heavy atom. The van der Waals surface area contributed by atoms with E-state index in [1.807, 2.05) is 200 Å². The van der Waals surface area contributed by atoms with Gasteiger partial charge in [-0.2, -0.15) is 0 Å². The normalized spacial score (nSPS) is 11.5. The lowest BCUT2D eigenvalue weighted by molar-refractivity contribution is 0.0466. The Hall–Kier alpha value is -16.8. The molecule has 0 aliphatic heterocycles. The molecule has 0 heterocycles. The van der Waals surface area contributed by atoms with Crippen LogP contribution < -0.4 is 28.4 Å². The van der Waals surface area contributed by atoms with Gasteiger partial charge in [0.25, 0.3) is 0 Å². The predicted molar refractivity (Wildman–Crippen MR) is 528 cm³/mol. The maximum atomic E-state index is 15.4. The zero-order chi connectivity index (χ0) is 88.4. The minimum Gasteiger partial charge on any atom is -0.489 e. The van der Waals surface area contributed by atoms with Gasteiger partial charge >= 0.3 is 17.9 Å². The highest BCUT2D eigenvalue weighted by Crippen LogP contribution is 2.40. The largest absolute Gasteiger partial charge is 0.489 e. The Kier molecular flexibility index (Phi) is 21.9. The van der Waals surface area contributed by atoms with Crippen LogP contribution in [0.3, 0.4) is 0 Å². The fourth-order valence-corrected chi connectivity index (χ4v) is 18.8. The fourth-order valence-electron chi connectivity index (χ4n) is 18.8. The highest BCUT2D eigenvalue weighted by molar-refractivity contribution is 6.08. The van der Waals surface area contributed by atoms with E-state index in [2.05, 4.69) is 182 Å². The van der Waals surface area contributed by atoms with Gasteiger partial charge in [-0.1, -0.05) is 291 Å². The molecule has 0 spiro atoms. The fraction of sp³-hybridized carbons (Fsp3) is 0.0750. The molecule has 0 bridgehead atoms. The van der Waals surface area contributed by atoms with Crippen LogP contribution in [0.25, 0.3) is 129 Å². The molecule has 0 saturated heterocycles. The van der Waals surface area contributed by atoms with Gasteiger partial charge in [0.15, 0.2) is 0 Å². The Labute approximate surface area is 760 Å². The number of hydrogen-bond donors (Lipinski definition) is 0. The average molecular weight is 1720 g/mol. The SMILES string of the molecule is O=C(OCc1cc(OCc2c3ccccc3cc3ccccc23)cc(OCc2c3ccccc3cc3ccccc23)c1)c1cc(C(=O)OCc2cc(OCc3c4ccccc4cc4ccccc34)cc(OCc3c4ccccc4cc4ccccc34)c2)cc(C(=O)OCc2cc(OCc3c4ccccc4cc4ccccc34)cc(OCc3c4ccccc4cc4ccccc34)c2)c1. The molecule has 0 saturated carbocycles. The molecule has 0 unspecified atom stereocenters. The third-order valence-corrected chi connectivity index (χ3v) is 25.2. The summed E-state index contributed by atoms with van der Waals surface area (Å²) in [5.41, 5.74) is 7.25. The first kappa shape index (κ1) is 81.0. The highest BCUT2D eigenvalue weighted by atomic mass is 16.5. The van der Waals surface area contributed by atoms with Crippen LogP contribution in [0.4, 0.5) is 0 Å². The van der Waals surface area contributed by atoms with E-state index in [1.165, 1.54) is 18.2 Å². The Morgan fingerprint density at radius 1 is 0.152 bits per heavy atom. The molecular formula is C120H84O12. The Morgan fingerprint density at radius 3 is 0.432 bits per heavy atom. The van der Waals surface area contributed by atoms with Crippen LogP contribution in [-0.2, 0) is 73.7 Å². The molecule has 636 valence electrons. The summed E-state index contributed by atoms with van der Waals surface area (Å²) in [7, 11) is 0. The number of benzene rings is 22. The van der Waals surface area contributed by atoms with E-state index in [4.69, 9.17) is 42.6 Å². The number of fused-ring (bicyclic) bond motifs is 12. The van der Waals surface area contributed by atoms with E-state index in [0.717, 1.165) is 163 Å². The van der Waals surface area contributed by atoms with Crippen molar-refractivity contribution in [2.75, 3.05) is 0 Å². The summed E-state index contributed by atoms with van der Waals surface area (Å²) in [5, 5.41) is 25.6. The lowest BCUT2D eigenvalue weighted by Crippen LogP contribution is -2.14. The minimum atomic E-state index is -0.855. The highest BCUT2D eigenvalue weighted by Gasteiger charge is 2.24. The van der Waals surface area contributed by atoms with Crippen molar-refractivity contribution in [1.82, 2.24) is 0 Å². The van der Waals surface area contributed by atoms with Gasteiger partial charge in [0.2, 0.25) is 0 Å². The van der Waals surface area contributed by atoms with Crippen LogP contribution in [0, 0.1) is 0 Å². The maximum Gasteiger partial charge on any atom is 0.338 e. The van der Waals surface area contributed by atoms with E-state index < -0.39 is 17.9 Å². The van der Waals surface area contributed by atoms with Crippen molar-refractivity contribution in [3.63, 3.8) is 0 Å². The Balaban J connectivity index is 0.602. The summed E-state index contributed by atoms with van der Waals surface area (Å²) < 4.78 is 60.3. The molecule has 12 nitrogen and oxygen atoms in total. The van der Waals surface area contributed by atoms with E-state index >= 15 is 14.4 Å². The smallest absolute Gasteiger partial charge is 0.338 e. The zero-order valence-corrected chi connectivity index (χ0v) is 71.9. The van der Waals surface area contributed by atoms with Gasteiger partial charge in [0, 0.05) is 51.6 Å². The molecule has 0 aliphatic carbocycles. The van der Waals surface area contributed by atoms with Crippen molar-refractivity contribution in [2.24, 2.45) is 0 Å². The topological polar surface area (TPSA) is 134 Å². The standard InChI is InChI=1S/C120H84O12/c121-118(130-67-76-49-94(124-70-112-100-37-13-1-25-79(100)55-80-26-2-14-38-101(80)112)64-95(50-76)125-71-113-102-39-15-3-27-81(102)56-82-28-4-16-40-103(82)113)91-61-92(119(122)131-68-77-51-96(126-72-114-104-41-17-5-29-83(104)57-84-30-6-18-42-105(84)114)65-97(52-77)127-73-115-106-43-19-7-31-85(106)58-86-32-8-20-44-107(86)115)63-93(62-91)120(123)132-69-78-53-98(128-74-116-108-45-21-9-33-87(108)59-88-34-10-22-46-109(88)116)66-99(54-78)129-75-117-110-47-23-11-35-89(110)60-90-36-12-24-48-111(90)117/h1-66H,67-75H2. The summed E-state index contributed by atoms with van der Waals surface area (Å²) in [6, 6.07) is 133. The first-order valence-corrected chi connectivity index (χ1v) is 44.3. The van der Waals surface area contributed by atoms with Gasteiger partial charge in [-0.05, 0) is 237 Å². The second-order valence-corrected chi connectivity index (χ2v) is 33.5. The number of carbonyl (C=O) groups is 3. The van der Waals surface area contributed by atoms with Crippen molar-refractivity contribution in [1.29, 1.82) is 0 Å². The van der Waals surface area contributed by atoms with Crippen LogP contribution in [0.2, 0.25) is 0 Å². The van der Waals surface area contributed by atoms with Gasteiger partial charge in [-0.3, -0.25) is 0 Å². The van der Waals surface area contributed by atoms with Crippen molar-refractivity contribution in [2.45, 2.75) is 59.5 Å². The maximum absolute atomic E-state index is 15.4. The molecule has 0 N–H and O–H groups in total. The molecule has 0 amide bonds. The van der Waals surface area contributed by atoms with Crippen LogP contribution in [0.15, 0.2) is 400 Å². The summed E-state index contributed by atoms with van der Waals surface area (Å²) in [5.74, 6) is 0.230. The van der Waals surface area contributed by atoms with E-state index in [1.54, 1.807) is 0 Å². The molecule has 0 aromatic heterocycles. The lowest BCUT2D eigenvalue weighted by Gasteiger charge is -2.17. The second kappa shape index (κ2) is 35.8. The number of rotatable bonds is 27. The first-order chi connectivity index (χ1) is 65.1. The van der Waals surface area contributed by atoms with Gasteiger partial charge in [-0.15, -0.1) is 0 Å². The molecule has 0 fully saturated rings. The van der Waals surface area contributed by atoms with Gasteiger partial charge in [0.05, 0.1) is 16.7 Å². The van der Waals surface area contributed by atoms with Crippen LogP contribution >= 0.6 is 0 Å². The van der Waals surface area contributed by atoms with Crippen molar-refractivity contribution < 1.29 is 57.0 Å². The summed E-state index contributed by atoms with van der Waals surface area (Å²) >= 11 is 0. The van der Waals surface area contributed by atoms with Crippen LogP contribution in [-0.4, -0.2) is 17.9 Å². The molecule has 12 heteroatoms.